The number of hydrogen-bond donors (Lipinski definition) is 2. The van der Waals surface area contributed by atoms with Gasteiger partial charge in [-0.25, -0.2) is 26.3 Å². The molecule has 29 heavy (non-hydrogen) atoms. The van der Waals surface area contributed by atoms with Crippen molar-refractivity contribution in [3.8, 4) is 5.75 Å². The fourth-order valence-electron chi connectivity index (χ4n) is 2.96. The van der Waals surface area contributed by atoms with Crippen molar-refractivity contribution in [2.45, 2.75) is 17.2 Å². The molecule has 0 spiro atoms. The first-order valence-electron chi connectivity index (χ1n) is 8.80. The molecule has 0 heterocycles. The average molecular weight is 435 g/mol. The zero-order valence-electron chi connectivity index (χ0n) is 16.0. The number of benzene rings is 3. The van der Waals surface area contributed by atoms with E-state index in [-0.39, 0.29) is 17.2 Å². The summed E-state index contributed by atoms with van der Waals surface area (Å²) in [5.41, 5.74) is 1.34. The van der Waals surface area contributed by atoms with Crippen LogP contribution in [0.15, 0.2) is 65.6 Å². The fourth-order valence-corrected chi connectivity index (χ4v) is 4.96. The van der Waals surface area contributed by atoms with Crippen LogP contribution in [0.3, 0.4) is 0 Å². The molecule has 0 aliphatic carbocycles. The van der Waals surface area contributed by atoms with Crippen molar-refractivity contribution in [2.24, 2.45) is 0 Å². The van der Waals surface area contributed by atoms with Crippen LogP contribution < -0.4 is 14.2 Å². The van der Waals surface area contributed by atoms with Gasteiger partial charge in [0.2, 0.25) is 20.0 Å². The van der Waals surface area contributed by atoms with Crippen molar-refractivity contribution in [1.29, 1.82) is 0 Å². The highest BCUT2D eigenvalue weighted by atomic mass is 32.2. The normalized spacial score (nSPS) is 12.2. The van der Waals surface area contributed by atoms with Gasteiger partial charge in [-0.3, -0.25) is 0 Å². The van der Waals surface area contributed by atoms with Gasteiger partial charge in [0.1, 0.15) is 5.75 Å². The predicted octanol–water partition coefficient (Wildman–Crippen LogP) is 2.38. The van der Waals surface area contributed by atoms with Gasteiger partial charge in [-0.2, -0.15) is 0 Å². The third-order valence-corrected chi connectivity index (χ3v) is 7.31. The second-order valence-electron chi connectivity index (χ2n) is 6.42. The monoisotopic (exact) mass is 434 g/mol. The van der Waals surface area contributed by atoms with Gasteiger partial charge in [0.15, 0.2) is 0 Å². The van der Waals surface area contributed by atoms with E-state index in [0.29, 0.717) is 22.1 Å². The second kappa shape index (κ2) is 8.50. The van der Waals surface area contributed by atoms with Crippen molar-refractivity contribution in [2.75, 3.05) is 14.2 Å². The molecule has 0 saturated heterocycles. The Morgan fingerprint density at radius 1 is 0.828 bits per heavy atom. The molecular formula is C20H22N2O5S2. The molecule has 154 valence electrons. The molecule has 0 aliphatic rings. The minimum Gasteiger partial charge on any atom is -0.496 e. The van der Waals surface area contributed by atoms with Crippen LogP contribution in [0.4, 0.5) is 0 Å². The zero-order chi connectivity index (χ0) is 21.1. The number of ether oxygens (including phenoxy) is 1. The van der Waals surface area contributed by atoms with Gasteiger partial charge < -0.3 is 4.74 Å². The number of rotatable bonds is 8. The Balaban J connectivity index is 1.80. The number of hydrogen-bond acceptors (Lipinski definition) is 5. The van der Waals surface area contributed by atoms with Crippen LogP contribution >= 0.6 is 0 Å². The van der Waals surface area contributed by atoms with E-state index in [1.54, 1.807) is 49.6 Å². The second-order valence-corrected chi connectivity index (χ2v) is 10.1. The summed E-state index contributed by atoms with van der Waals surface area (Å²) >= 11 is 0. The van der Waals surface area contributed by atoms with Crippen molar-refractivity contribution < 1.29 is 21.6 Å². The molecule has 2 N–H and O–H groups in total. The summed E-state index contributed by atoms with van der Waals surface area (Å²) in [7, 11) is -4.22. The van der Waals surface area contributed by atoms with Crippen molar-refractivity contribution in [3.63, 3.8) is 0 Å². The molecule has 9 heteroatoms. The molecule has 0 fully saturated rings. The maximum absolute atomic E-state index is 12.9. The molecule has 0 unspecified atom stereocenters. The van der Waals surface area contributed by atoms with Gasteiger partial charge in [0.25, 0.3) is 0 Å². The van der Waals surface area contributed by atoms with Crippen LogP contribution in [-0.2, 0) is 32.3 Å². The first kappa shape index (κ1) is 21.3. The van der Waals surface area contributed by atoms with Crippen LogP contribution in [0.1, 0.15) is 11.1 Å². The minimum atomic E-state index is -3.76. The lowest BCUT2D eigenvalue weighted by Gasteiger charge is -2.12. The Bertz CT molecular complexity index is 1220. The average Bonchev–Trinajstić information content (AvgIpc) is 2.72. The fraction of sp³-hybridized carbons (Fsp3) is 0.200. The number of fused-ring (bicyclic) bond motifs is 1. The van der Waals surface area contributed by atoms with Crippen LogP contribution in [0, 0.1) is 0 Å². The standard InChI is InChI=1S/C20H22N2O5S2/c1-21-28(23,24)14-16-9-7-15(8-10-16)13-22-29(25,26)20-12-11-19(27-2)17-5-3-4-6-18(17)20/h3-12,21-22H,13-14H2,1-2H3. The molecule has 3 aromatic rings. The molecule has 0 amide bonds. The van der Waals surface area contributed by atoms with E-state index in [9.17, 15) is 16.8 Å². The molecule has 0 radical (unpaired) electrons. The maximum Gasteiger partial charge on any atom is 0.241 e. The Labute approximate surface area is 170 Å². The molecule has 3 aromatic carbocycles. The lowest BCUT2D eigenvalue weighted by molar-refractivity contribution is 0.419. The maximum atomic E-state index is 12.9. The third-order valence-electron chi connectivity index (χ3n) is 4.51. The number of nitrogens with one attached hydrogen (secondary N) is 2. The van der Waals surface area contributed by atoms with E-state index in [1.165, 1.54) is 13.1 Å². The van der Waals surface area contributed by atoms with Crippen molar-refractivity contribution in [3.05, 3.63) is 71.8 Å². The van der Waals surface area contributed by atoms with Crippen molar-refractivity contribution >= 4 is 30.8 Å². The van der Waals surface area contributed by atoms with Gasteiger partial charge >= 0.3 is 0 Å². The molecule has 3 rings (SSSR count). The highest BCUT2D eigenvalue weighted by Crippen LogP contribution is 2.30. The van der Waals surface area contributed by atoms with Crippen LogP contribution in [0.2, 0.25) is 0 Å². The highest BCUT2D eigenvalue weighted by Gasteiger charge is 2.19. The third kappa shape index (κ3) is 4.94. The minimum absolute atomic E-state index is 0.0851. The molecule has 0 saturated carbocycles. The van der Waals surface area contributed by atoms with Crippen LogP contribution in [0.25, 0.3) is 10.8 Å². The topological polar surface area (TPSA) is 102 Å². The Kier molecular flexibility index (Phi) is 6.23. The van der Waals surface area contributed by atoms with E-state index in [4.69, 9.17) is 4.74 Å². The van der Waals surface area contributed by atoms with Gasteiger partial charge in [-0.1, -0.05) is 48.5 Å². The van der Waals surface area contributed by atoms with E-state index in [1.807, 2.05) is 12.1 Å². The summed E-state index contributed by atoms with van der Waals surface area (Å²) in [6.45, 7) is 0.0851. The summed E-state index contributed by atoms with van der Waals surface area (Å²) in [5, 5.41) is 1.29. The number of methoxy groups -OCH3 is 1. The summed E-state index contributed by atoms with van der Waals surface area (Å²) in [5.74, 6) is 0.472. The van der Waals surface area contributed by atoms with Crippen LogP contribution in [-0.4, -0.2) is 31.0 Å². The van der Waals surface area contributed by atoms with Gasteiger partial charge in [-0.15, -0.1) is 0 Å². The molecule has 7 nitrogen and oxygen atoms in total. The lowest BCUT2D eigenvalue weighted by Crippen LogP contribution is -2.23. The van der Waals surface area contributed by atoms with E-state index in [2.05, 4.69) is 9.44 Å². The van der Waals surface area contributed by atoms with Gasteiger partial charge in [0, 0.05) is 17.3 Å². The molecule has 0 aliphatic heterocycles. The predicted molar refractivity (Wildman–Crippen MR) is 113 cm³/mol. The molecule has 0 aromatic heterocycles. The Morgan fingerprint density at radius 3 is 2.07 bits per heavy atom. The van der Waals surface area contributed by atoms with E-state index >= 15 is 0 Å². The first-order chi connectivity index (χ1) is 13.8. The number of sulfonamides is 2. The van der Waals surface area contributed by atoms with Crippen LogP contribution in [0.5, 0.6) is 5.75 Å². The SMILES string of the molecule is CNS(=O)(=O)Cc1ccc(CNS(=O)(=O)c2ccc(OC)c3ccccc23)cc1. The lowest BCUT2D eigenvalue weighted by atomic mass is 10.1. The van der Waals surface area contributed by atoms with Gasteiger partial charge in [0.05, 0.1) is 17.8 Å². The summed E-state index contributed by atoms with van der Waals surface area (Å²) in [4.78, 5) is 0.172. The van der Waals surface area contributed by atoms with Crippen molar-refractivity contribution in [1.82, 2.24) is 9.44 Å². The molecule has 0 atom stereocenters. The van der Waals surface area contributed by atoms with Gasteiger partial charge in [-0.05, 0) is 30.3 Å². The molecular weight excluding hydrogens is 412 g/mol. The van der Waals surface area contributed by atoms with E-state index in [0.717, 1.165) is 5.56 Å². The Hall–Kier alpha value is -2.46. The zero-order valence-corrected chi connectivity index (χ0v) is 17.7. The smallest absolute Gasteiger partial charge is 0.241 e. The first-order valence-corrected chi connectivity index (χ1v) is 11.9. The summed E-state index contributed by atoms with van der Waals surface area (Å²) in [6, 6.07) is 17.0. The molecule has 0 bridgehead atoms. The Morgan fingerprint density at radius 2 is 1.45 bits per heavy atom. The summed E-state index contributed by atoms with van der Waals surface area (Å²) < 4.78 is 59.1. The largest absolute Gasteiger partial charge is 0.496 e. The van der Waals surface area contributed by atoms with E-state index < -0.39 is 20.0 Å². The highest BCUT2D eigenvalue weighted by molar-refractivity contribution is 7.89. The summed E-state index contributed by atoms with van der Waals surface area (Å²) in [6.07, 6.45) is 0. The quantitative estimate of drug-likeness (QED) is 0.567.